The molecular weight excluding hydrogens is 718 g/mol. The quantitative estimate of drug-likeness (QED) is 0.125. The number of amides is 5. The summed E-state index contributed by atoms with van der Waals surface area (Å²) < 4.78 is 28.8. The molecule has 1 fully saturated rings. The molecule has 17 heteroatoms. The smallest absolute Gasteiger partial charge is 0.328 e. The van der Waals surface area contributed by atoms with E-state index in [1.165, 1.54) is 30.0 Å². The lowest BCUT2D eigenvalue weighted by Crippen LogP contribution is -2.57. The van der Waals surface area contributed by atoms with Crippen molar-refractivity contribution in [3.8, 4) is 0 Å². The number of urea groups is 1. The molecule has 5 N–H and O–H groups in total. The number of hydrogen-bond acceptors (Lipinski definition) is 10. The molecule has 276 valence electrons. The number of aliphatic hydroxyl groups excluding tert-OH is 1. The van der Waals surface area contributed by atoms with E-state index in [9.17, 15) is 32.7 Å². The number of aliphatic hydroxyl groups is 1. The molecule has 1 aliphatic heterocycles. The summed E-state index contributed by atoms with van der Waals surface area (Å²) in [6.45, 7) is 7.70. The Hall–Kier alpha value is -4.09. The van der Waals surface area contributed by atoms with E-state index in [0.717, 1.165) is 26.1 Å². The number of nitrogens with one attached hydrogen (secondary N) is 2. The number of nitrogens with two attached hydrogens (primary N) is 1. The minimum atomic E-state index is -4.16. The van der Waals surface area contributed by atoms with Crippen LogP contribution in [0.25, 0.3) is 0 Å². The van der Waals surface area contributed by atoms with Gasteiger partial charge >= 0.3 is 6.03 Å². The van der Waals surface area contributed by atoms with Crippen LogP contribution in [-0.4, -0.2) is 94.2 Å². The van der Waals surface area contributed by atoms with Gasteiger partial charge in [0.1, 0.15) is 12.6 Å². The summed E-state index contributed by atoms with van der Waals surface area (Å²) >= 11 is 7.20. The third kappa shape index (κ3) is 10.0. The normalized spacial score (nSPS) is 15.5. The average molecular weight is 762 g/mol. The fraction of sp³-hybridized carbons (Fsp3) is 0.441. The Morgan fingerprint density at radius 1 is 1.10 bits per heavy atom. The zero-order chi connectivity index (χ0) is 37.6. The second kappa shape index (κ2) is 17.0. The number of sulfonamides is 1. The van der Waals surface area contributed by atoms with E-state index in [-0.39, 0.29) is 60.0 Å². The van der Waals surface area contributed by atoms with Gasteiger partial charge in [-0.25, -0.2) is 18.2 Å². The number of rotatable bonds is 16. The summed E-state index contributed by atoms with van der Waals surface area (Å²) in [6.07, 6.45) is -1.25. The van der Waals surface area contributed by atoms with Crippen molar-refractivity contribution in [2.45, 2.75) is 70.7 Å². The number of halogens is 1. The van der Waals surface area contributed by atoms with Gasteiger partial charge in [0.2, 0.25) is 21.8 Å². The van der Waals surface area contributed by atoms with Crippen LogP contribution in [0.1, 0.15) is 45.9 Å². The lowest BCUT2D eigenvalue weighted by atomic mass is 9.97. The molecule has 0 saturated carbocycles. The van der Waals surface area contributed by atoms with E-state index in [1.807, 2.05) is 44.2 Å². The van der Waals surface area contributed by atoms with E-state index < -0.39 is 52.0 Å². The van der Waals surface area contributed by atoms with Crippen molar-refractivity contribution in [2.75, 3.05) is 30.7 Å². The first-order valence-electron chi connectivity index (χ1n) is 16.4. The van der Waals surface area contributed by atoms with Crippen molar-refractivity contribution >= 4 is 67.5 Å². The van der Waals surface area contributed by atoms with Gasteiger partial charge in [-0.05, 0) is 42.0 Å². The van der Waals surface area contributed by atoms with Crippen LogP contribution in [0.3, 0.4) is 0 Å². The van der Waals surface area contributed by atoms with E-state index in [2.05, 4.69) is 15.6 Å². The molecule has 5 amide bonds. The average Bonchev–Trinajstić information content (AvgIpc) is 3.60. The van der Waals surface area contributed by atoms with Crippen LogP contribution in [0.15, 0.2) is 58.8 Å². The highest BCUT2D eigenvalue weighted by atomic mass is 35.5. The SMILES string of the molecule is CC(=O)Nc1nc(CN2C(=O)CN([C@H](C(=O)N[C@@H](Cc3ccccc3)[C@H](O)CN(CC(C)C)S(=O)(=O)c3ccc(Cl)c(N)c3)C(C)C)C2=O)cs1. The highest BCUT2D eigenvalue weighted by molar-refractivity contribution is 7.89. The van der Waals surface area contributed by atoms with Gasteiger partial charge in [-0.3, -0.25) is 19.3 Å². The van der Waals surface area contributed by atoms with Gasteiger partial charge in [-0.2, -0.15) is 4.31 Å². The zero-order valence-corrected chi connectivity index (χ0v) is 31.5. The first kappa shape index (κ1) is 39.7. The summed E-state index contributed by atoms with van der Waals surface area (Å²) in [5.41, 5.74) is 7.17. The molecule has 0 spiro atoms. The van der Waals surface area contributed by atoms with Crippen LogP contribution in [0, 0.1) is 11.8 Å². The van der Waals surface area contributed by atoms with Crippen LogP contribution in [0.4, 0.5) is 15.6 Å². The fourth-order valence-electron chi connectivity index (χ4n) is 5.75. The Bertz CT molecular complexity index is 1840. The molecule has 4 rings (SSSR count). The lowest BCUT2D eigenvalue weighted by molar-refractivity contribution is -0.129. The maximum atomic E-state index is 14.1. The number of thiazole rings is 1. The molecule has 1 aliphatic rings. The number of nitrogen functional groups attached to an aromatic ring is 1. The molecule has 1 saturated heterocycles. The summed E-state index contributed by atoms with van der Waals surface area (Å²) in [5.74, 6) is -2.01. The Morgan fingerprint density at radius 2 is 1.78 bits per heavy atom. The van der Waals surface area contributed by atoms with Gasteiger partial charge < -0.3 is 26.4 Å². The molecule has 2 heterocycles. The third-order valence-corrected chi connectivity index (χ3v) is 11.1. The van der Waals surface area contributed by atoms with Gasteiger partial charge in [-0.1, -0.05) is 69.6 Å². The van der Waals surface area contributed by atoms with Gasteiger partial charge in [0.25, 0.3) is 5.91 Å². The van der Waals surface area contributed by atoms with E-state index >= 15 is 0 Å². The monoisotopic (exact) mass is 761 g/mol. The minimum absolute atomic E-state index is 0.0636. The van der Waals surface area contributed by atoms with E-state index in [4.69, 9.17) is 17.3 Å². The standard InChI is InChI=1S/C34H44ClN7O7S2/c1-20(2)15-40(51(48,49)25-11-12-26(35)27(36)14-25)17-29(44)28(13-23-9-7-6-8-10-23)39-32(46)31(21(3)4)42-18-30(45)41(34(42)47)16-24-19-50-33(38-24)37-22(5)43/h6-12,14,19-21,28-29,31,44H,13,15-18,36H2,1-5H3,(H,39,46)(H,37,38,43)/t28-,29+,31-/m0/s1. The van der Waals surface area contributed by atoms with Crippen LogP contribution in [0.5, 0.6) is 0 Å². The molecule has 0 radical (unpaired) electrons. The summed E-state index contributed by atoms with van der Waals surface area (Å²) in [6, 6.07) is 10.3. The molecule has 3 aromatic rings. The fourth-order valence-corrected chi connectivity index (χ4v) is 8.27. The zero-order valence-electron chi connectivity index (χ0n) is 29.1. The van der Waals surface area contributed by atoms with E-state index in [0.29, 0.717) is 10.8 Å². The van der Waals surface area contributed by atoms with Crippen molar-refractivity contribution in [1.29, 1.82) is 0 Å². The van der Waals surface area contributed by atoms with Gasteiger partial charge in [0.05, 0.1) is 40.0 Å². The predicted molar refractivity (Wildman–Crippen MR) is 195 cm³/mol. The molecule has 14 nitrogen and oxygen atoms in total. The number of anilines is 2. The number of aromatic nitrogens is 1. The topological polar surface area (TPSA) is 195 Å². The molecule has 0 bridgehead atoms. The molecule has 3 atom stereocenters. The maximum absolute atomic E-state index is 14.1. The molecular formula is C34H44ClN7O7S2. The summed E-state index contributed by atoms with van der Waals surface area (Å²) in [7, 11) is -4.16. The van der Waals surface area contributed by atoms with Crippen molar-refractivity contribution in [2.24, 2.45) is 11.8 Å². The Balaban J connectivity index is 1.58. The van der Waals surface area contributed by atoms with Crippen LogP contribution in [0.2, 0.25) is 5.02 Å². The third-order valence-electron chi connectivity index (χ3n) is 8.13. The van der Waals surface area contributed by atoms with Crippen molar-refractivity contribution in [1.82, 2.24) is 24.4 Å². The minimum Gasteiger partial charge on any atom is -0.397 e. The highest BCUT2D eigenvalue weighted by Gasteiger charge is 2.44. The van der Waals surface area contributed by atoms with Crippen LogP contribution >= 0.6 is 22.9 Å². The van der Waals surface area contributed by atoms with Gasteiger partial charge in [0.15, 0.2) is 5.13 Å². The number of carbonyl (C=O) groups excluding carboxylic acids is 4. The highest BCUT2D eigenvalue weighted by Crippen LogP contribution is 2.27. The first-order valence-corrected chi connectivity index (χ1v) is 19.1. The Labute approximate surface area is 307 Å². The summed E-state index contributed by atoms with van der Waals surface area (Å²) in [4.78, 5) is 58.6. The van der Waals surface area contributed by atoms with Gasteiger partial charge in [-0.15, -0.1) is 11.3 Å². The second-order valence-electron chi connectivity index (χ2n) is 13.2. The molecule has 51 heavy (non-hydrogen) atoms. The van der Waals surface area contributed by atoms with Crippen molar-refractivity contribution < 1.29 is 32.7 Å². The van der Waals surface area contributed by atoms with Crippen molar-refractivity contribution in [3.63, 3.8) is 0 Å². The number of nitrogens with zero attached hydrogens (tertiary/aromatic N) is 4. The number of hydrogen-bond donors (Lipinski definition) is 4. The number of imide groups is 1. The number of benzene rings is 2. The van der Waals surface area contributed by atoms with Crippen LogP contribution in [-0.2, 0) is 37.4 Å². The largest absolute Gasteiger partial charge is 0.397 e. The van der Waals surface area contributed by atoms with Crippen molar-refractivity contribution in [3.05, 3.63) is 70.2 Å². The van der Waals surface area contributed by atoms with Crippen LogP contribution < -0.4 is 16.4 Å². The second-order valence-corrected chi connectivity index (χ2v) is 16.4. The molecule has 0 aliphatic carbocycles. The Kier molecular flexibility index (Phi) is 13.2. The molecule has 2 aromatic carbocycles. The van der Waals surface area contributed by atoms with Gasteiger partial charge in [0, 0.05) is 25.4 Å². The molecule has 0 unspecified atom stereocenters. The van der Waals surface area contributed by atoms with E-state index in [1.54, 1.807) is 19.2 Å². The summed E-state index contributed by atoms with van der Waals surface area (Å²) in [5, 5.41) is 19.3. The first-order chi connectivity index (χ1) is 24.0. The Morgan fingerprint density at radius 3 is 2.39 bits per heavy atom. The maximum Gasteiger partial charge on any atom is 0.328 e. The lowest BCUT2D eigenvalue weighted by Gasteiger charge is -2.34. The number of carbonyl (C=O) groups is 4. The predicted octanol–water partition coefficient (Wildman–Crippen LogP) is 3.56. The molecule has 1 aromatic heterocycles.